The number of aromatic nitrogens is 3. The fourth-order valence-corrected chi connectivity index (χ4v) is 2.68. The van der Waals surface area contributed by atoms with Gasteiger partial charge in [-0.25, -0.2) is 4.98 Å². The lowest BCUT2D eigenvalue weighted by Crippen LogP contribution is -2.21. The van der Waals surface area contributed by atoms with Gasteiger partial charge in [-0.3, -0.25) is 4.98 Å². The van der Waals surface area contributed by atoms with Crippen LogP contribution in [0.1, 0.15) is 18.1 Å². The number of anilines is 3. The van der Waals surface area contributed by atoms with Gasteiger partial charge in [0.25, 0.3) is 0 Å². The highest BCUT2D eigenvalue weighted by atomic mass is 16.3. The van der Waals surface area contributed by atoms with E-state index in [2.05, 4.69) is 57.6 Å². The van der Waals surface area contributed by atoms with Crippen LogP contribution in [0, 0.1) is 13.8 Å². The summed E-state index contributed by atoms with van der Waals surface area (Å²) in [5, 5.41) is 15.8. The predicted octanol–water partition coefficient (Wildman–Crippen LogP) is 3.69. The molecule has 3 rings (SSSR count). The van der Waals surface area contributed by atoms with Crippen molar-refractivity contribution in [2.75, 3.05) is 17.2 Å². The first kappa shape index (κ1) is 17.8. The van der Waals surface area contributed by atoms with E-state index < -0.39 is 0 Å². The second-order valence-electron chi connectivity index (χ2n) is 6.41. The van der Waals surface area contributed by atoms with Gasteiger partial charge in [0.15, 0.2) is 0 Å². The minimum Gasteiger partial charge on any atom is -0.394 e. The van der Waals surface area contributed by atoms with E-state index in [0.29, 0.717) is 17.5 Å². The van der Waals surface area contributed by atoms with Crippen LogP contribution in [0.5, 0.6) is 0 Å². The minimum atomic E-state index is -0.150. The van der Waals surface area contributed by atoms with Crippen molar-refractivity contribution in [3.8, 4) is 11.4 Å². The van der Waals surface area contributed by atoms with Crippen LogP contribution in [0.15, 0.2) is 48.7 Å². The Morgan fingerprint density at radius 3 is 2.42 bits per heavy atom. The Labute approximate surface area is 153 Å². The molecule has 1 aromatic carbocycles. The molecule has 0 spiro atoms. The van der Waals surface area contributed by atoms with Gasteiger partial charge in [-0.1, -0.05) is 12.1 Å². The van der Waals surface area contributed by atoms with Crippen LogP contribution in [0.3, 0.4) is 0 Å². The maximum Gasteiger partial charge on any atom is 0.225 e. The lowest BCUT2D eigenvalue weighted by atomic mass is 10.1. The molecule has 0 fully saturated rings. The smallest absolute Gasteiger partial charge is 0.225 e. The SMILES string of the molecule is Cc1cc(C)cc(Nc2cc(-c3ccccn3)nc(N[C@@H](C)CO)n2)c1. The number of aliphatic hydroxyl groups excluding tert-OH is 1. The number of nitrogens with one attached hydrogen (secondary N) is 2. The molecule has 2 aromatic heterocycles. The summed E-state index contributed by atoms with van der Waals surface area (Å²) in [6.07, 6.45) is 1.73. The van der Waals surface area contributed by atoms with Crippen molar-refractivity contribution in [3.05, 3.63) is 59.8 Å². The number of pyridine rings is 1. The molecule has 0 saturated carbocycles. The molecule has 26 heavy (non-hydrogen) atoms. The van der Waals surface area contributed by atoms with Gasteiger partial charge in [-0.2, -0.15) is 4.98 Å². The van der Waals surface area contributed by atoms with Crippen LogP contribution in [0.25, 0.3) is 11.4 Å². The van der Waals surface area contributed by atoms with Gasteiger partial charge in [0.2, 0.25) is 5.95 Å². The van der Waals surface area contributed by atoms with E-state index in [9.17, 15) is 5.11 Å². The van der Waals surface area contributed by atoms with Crippen molar-refractivity contribution in [2.45, 2.75) is 26.8 Å². The summed E-state index contributed by atoms with van der Waals surface area (Å²) in [5.74, 6) is 1.11. The molecule has 0 bridgehead atoms. The number of nitrogens with zero attached hydrogens (tertiary/aromatic N) is 3. The fraction of sp³-hybridized carbons (Fsp3) is 0.250. The van der Waals surface area contributed by atoms with E-state index in [1.165, 1.54) is 11.1 Å². The maximum absolute atomic E-state index is 9.30. The lowest BCUT2D eigenvalue weighted by Gasteiger charge is -2.14. The Balaban J connectivity index is 1.98. The third-order valence-corrected chi connectivity index (χ3v) is 3.80. The highest BCUT2D eigenvalue weighted by Gasteiger charge is 2.10. The Morgan fingerprint density at radius 2 is 1.77 bits per heavy atom. The normalized spacial score (nSPS) is 11.8. The zero-order valence-corrected chi connectivity index (χ0v) is 15.2. The molecule has 2 heterocycles. The summed E-state index contributed by atoms with van der Waals surface area (Å²) < 4.78 is 0. The number of aryl methyl sites for hydroxylation is 2. The lowest BCUT2D eigenvalue weighted by molar-refractivity contribution is 0.281. The Morgan fingerprint density at radius 1 is 1.00 bits per heavy atom. The standard InChI is InChI=1S/C20H23N5O/c1-13-8-14(2)10-16(9-13)23-19-11-18(17-6-4-5-7-21-17)24-20(25-19)22-15(3)12-26/h4-11,15,26H,12H2,1-3H3,(H2,22,23,24,25)/t15-/m0/s1. The number of rotatable bonds is 6. The van der Waals surface area contributed by atoms with Crippen LogP contribution in [-0.4, -0.2) is 32.7 Å². The third-order valence-electron chi connectivity index (χ3n) is 3.80. The fourth-order valence-electron chi connectivity index (χ4n) is 2.68. The number of benzene rings is 1. The van der Waals surface area contributed by atoms with Crippen LogP contribution < -0.4 is 10.6 Å². The molecule has 0 aliphatic heterocycles. The summed E-state index contributed by atoms with van der Waals surface area (Å²) in [6.45, 7) is 5.99. The van der Waals surface area contributed by atoms with Crippen LogP contribution >= 0.6 is 0 Å². The molecular formula is C20H23N5O. The van der Waals surface area contributed by atoms with Crippen LogP contribution in [0.2, 0.25) is 0 Å². The van der Waals surface area contributed by atoms with Crippen molar-refractivity contribution in [2.24, 2.45) is 0 Å². The van der Waals surface area contributed by atoms with E-state index in [1.54, 1.807) is 6.20 Å². The molecular weight excluding hydrogens is 326 g/mol. The van der Waals surface area contributed by atoms with Gasteiger partial charge in [0.1, 0.15) is 5.82 Å². The van der Waals surface area contributed by atoms with Crippen molar-refractivity contribution in [1.29, 1.82) is 0 Å². The molecule has 3 aromatic rings. The molecule has 134 valence electrons. The Hall–Kier alpha value is -2.99. The second kappa shape index (κ2) is 7.93. The zero-order chi connectivity index (χ0) is 18.5. The molecule has 0 saturated heterocycles. The molecule has 0 amide bonds. The summed E-state index contributed by atoms with van der Waals surface area (Å²) in [5.41, 5.74) is 4.80. The van der Waals surface area contributed by atoms with E-state index >= 15 is 0 Å². The Kier molecular flexibility index (Phi) is 5.43. The topological polar surface area (TPSA) is 83.0 Å². The molecule has 6 heteroatoms. The zero-order valence-electron chi connectivity index (χ0n) is 15.2. The summed E-state index contributed by atoms with van der Waals surface area (Å²) in [7, 11) is 0. The monoisotopic (exact) mass is 349 g/mol. The number of hydrogen-bond acceptors (Lipinski definition) is 6. The molecule has 6 nitrogen and oxygen atoms in total. The largest absolute Gasteiger partial charge is 0.394 e. The van der Waals surface area contributed by atoms with Crippen molar-refractivity contribution in [3.63, 3.8) is 0 Å². The predicted molar refractivity (Wildman–Crippen MR) is 105 cm³/mol. The van der Waals surface area contributed by atoms with E-state index in [0.717, 1.165) is 11.4 Å². The first-order valence-corrected chi connectivity index (χ1v) is 8.56. The highest BCUT2D eigenvalue weighted by molar-refractivity contribution is 5.66. The van der Waals surface area contributed by atoms with Crippen LogP contribution in [0.4, 0.5) is 17.5 Å². The van der Waals surface area contributed by atoms with E-state index in [4.69, 9.17) is 0 Å². The van der Waals surface area contributed by atoms with E-state index in [-0.39, 0.29) is 12.6 Å². The van der Waals surface area contributed by atoms with Gasteiger partial charge in [0.05, 0.1) is 18.0 Å². The van der Waals surface area contributed by atoms with Crippen molar-refractivity contribution < 1.29 is 5.11 Å². The van der Waals surface area contributed by atoms with E-state index in [1.807, 2.05) is 31.2 Å². The van der Waals surface area contributed by atoms with Gasteiger partial charge in [0, 0.05) is 24.0 Å². The maximum atomic E-state index is 9.30. The number of aliphatic hydroxyl groups is 1. The summed E-state index contributed by atoms with van der Waals surface area (Å²) >= 11 is 0. The van der Waals surface area contributed by atoms with Crippen LogP contribution in [-0.2, 0) is 0 Å². The quantitative estimate of drug-likeness (QED) is 0.629. The van der Waals surface area contributed by atoms with Gasteiger partial charge < -0.3 is 15.7 Å². The molecule has 0 radical (unpaired) electrons. The molecule has 0 aliphatic carbocycles. The summed E-state index contributed by atoms with van der Waals surface area (Å²) in [4.78, 5) is 13.4. The molecule has 0 aliphatic rings. The number of hydrogen-bond donors (Lipinski definition) is 3. The second-order valence-corrected chi connectivity index (χ2v) is 6.41. The average Bonchev–Trinajstić information content (AvgIpc) is 2.61. The van der Waals surface area contributed by atoms with Gasteiger partial charge in [-0.05, 0) is 56.2 Å². The minimum absolute atomic E-state index is 0.00297. The van der Waals surface area contributed by atoms with Crippen molar-refractivity contribution >= 4 is 17.5 Å². The summed E-state index contributed by atoms with van der Waals surface area (Å²) in [6, 6.07) is 13.7. The first-order valence-electron chi connectivity index (χ1n) is 8.56. The molecule has 0 unspecified atom stereocenters. The van der Waals surface area contributed by atoms with Gasteiger partial charge >= 0.3 is 0 Å². The Bertz CT molecular complexity index is 862. The van der Waals surface area contributed by atoms with Crippen molar-refractivity contribution in [1.82, 2.24) is 15.0 Å². The highest BCUT2D eigenvalue weighted by Crippen LogP contribution is 2.23. The average molecular weight is 349 g/mol. The molecule has 1 atom stereocenters. The third kappa shape index (κ3) is 4.55. The first-order chi connectivity index (χ1) is 12.5. The molecule has 3 N–H and O–H groups in total. The van der Waals surface area contributed by atoms with Gasteiger partial charge in [-0.15, -0.1) is 0 Å².